The van der Waals surface area contributed by atoms with Gasteiger partial charge in [0, 0.05) is 11.8 Å². The van der Waals surface area contributed by atoms with E-state index in [1.807, 2.05) is 43.1 Å². The predicted octanol–water partition coefficient (Wildman–Crippen LogP) is 4.21. The topological polar surface area (TPSA) is 45.2 Å². The van der Waals surface area contributed by atoms with Gasteiger partial charge >= 0.3 is 0 Å². The third kappa shape index (κ3) is 4.18. The van der Waals surface area contributed by atoms with E-state index in [1.165, 1.54) is 0 Å². The Bertz CT molecular complexity index is 859. The van der Waals surface area contributed by atoms with Gasteiger partial charge < -0.3 is 5.32 Å². The number of fused-ring (bicyclic) bond motifs is 1. The number of amides is 1. The summed E-state index contributed by atoms with van der Waals surface area (Å²) in [6.07, 6.45) is 0. The first-order valence-corrected chi connectivity index (χ1v) is 8.55. The Hall–Kier alpha value is -2.38. The molecule has 0 saturated heterocycles. The molecule has 0 aliphatic rings. The quantitative estimate of drug-likeness (QED) is 0.741. The minimum Gasteiger partial charge on any atom is -0.325 e. The molecule has 1 amide bonds. The van der Waals surface area contributed by atoms with E-state index in [0.29, 0.717) is 0 Å². The summed E-state index contributed by atoms with van der Waals surface area (Å²) in [5, 5.41) is 3.42. The summed E-state index contributed by atoms with van der Waals surface area (Å²) in [4.78, 5) is 18.6. The lowest BCUT2D eigenvalue weighted by molar-refractivity contribution is -0.117. The molecular formula is C18H17F2N3OS. The van der Waals surface area contributed by atoms with Crippen LogP contribution in [0.1, 0.15) is 18.0 Å². The molecule has 1 aromatic heterocycles. The summed E-state index contributed by atoms with van der Waals surface area (Å²) in [5.41, 5.74) is 1.03. The highest BCUT2D eigenvalue weighted by Gasteiger charge is 2.18. The van der Waals surface area contributed by atoms with E-state index in [9.17, 15) is 13.6 Å². The summed E-state index contributed by atoms with van der Waals surface area (Å²) >= 11 is 1.59. The molecule has 1 atom stereocenters. The number of nitrogens with one attached hydrogen (secondary N) is 1. The molecule has 0 unspecified atom stereocenters. The SMILES string of the molecule is C[C@@H](c1nc2ccccc2s1)N(C)CC(=O)Nc1cc(F)cc(F)c1. The molecule has 0 aliphatic heterocycles. The van der Waals surface area contributed by atoms with E-state index in [2.05, 4.69) is 10.3 Å². The van der Waals surface area contributed by atoms with Crippen molar-refractivity contribution in [2.45, 2.75) is 13.0 Å². The first-order valence-electron chi connectivity index (χ1n) is 7.74. The molecule has 7 heteroatoms. The van der Waals surface area contributed by atoms with Crippen molar-refractivity contribution in [2.24, 2.45) is 0 Å². The minimum atomic E-state index is -0.730. The second kappa shape index (κ2) is 7.25. The van der Waals surface area contributed by atoms with E-state index in [1.54, 1.807) is 11.3 Å². The summed E-state index contributed by atoms with van der Waals surface area (Å²) < 4.78 is 27.5. The molecule has 3 aromatic rings. The lowest BCUT2D eigenvalue weighted by atomic mass is 10.2. The van der Waals surface area contributed by atoms with Crippen LogP contribution < -0.4 is 5.32 Å². The van der Waals surface area contributed by atoms with E-state index >= 15 is 0 Å². The molecular weight excluding hydrogens is 344 g/mol. The van der Waals surface area contributed by atoms with Crippen LogP contribution in [0.3, 0.4) is 0 Å². The fraction of sp³-hybridized carbons (Fsp3) is 0.222. The number of thiazole rings is 1. The molecule has 1 N–H and O–H groups in total. The van der Waals surface area contributed by atoms with Gasteiger partial charge in [-0.1, -0.05) is 12.1 Å². The van der Waals surface area contributed by atoms with Crippen LogP contribution in [0.15, 0.2) is 42.5 Å². The number of carbonyl (C=O) groups excluding carboxylic acids is 1. The second-order valence-electron chi connectivity index (χ2n) is 5.82. The number of para-hydroxylation sites is 1. The van der Waals surface area contributed by atoms with Crippen LogP contribution in [0, 0.1) is 11.6 Å². The Morgan fingerprint density at radius 3 is 2.60 bits per heavy atom. The van der Waals surface area contributed by atoms with Gasteiger partial charge in [-0.3, -0.25) is 9.69 Å². The lowest BCUT2D eigenvalue weighted by Gasteiger charge is -2.22. The number of halogens is 2. The molecule has 0 saturated carbocycles. The standard InChI is InChI=1S/C18H17F2N3OS/c1-11(18-22-15-5-3-4-6-16(15)25-18)23(2)10-17(24)21-14-8-12(19)7-13(20)9-14/h3-9,11H,10H2,1-2H3,(H,21,24)/t11-/m0/s1. The monoisotopic (exact) mass is 361 g/mol. The van der Waals surface area contributed by atoms with Crippen LogP contribution in [-0.4, -0.2) is 29.4 Å². The van der Waals surface area contributed by atoms with Crippen LogP contribution >= 0.6 is 11.3 Å². The molecule has 0 spiro atoms. The summed E-state index contributed by atoms with van der Waals surface area (Å²) in [6.45, 7) is 2.04. The molecule has 3 rings (SSSR count). The van der Waals surface area contributed by atoms with Gasteiger partial charge in [0.25, 0.3) is 0 Å². The zero-order valence-electron chi connectivity index (χ0n) is 13.8. The Balaban J connectivity index is 1.66. The molecule has 130 valence electrons. The van der Waals surface area contributed by atoms with Crippen LogP contribution in [-0.2, 0) is 4.79 Å². The highest BCUT2D eigenvalue weighted by molar-refractivity contribution is 7.18. The smallest absolute Gasteiger partial charge is 0.238 e. The fourth-order valence-electron chi connectivity index (χ4n) is 2.45. The van der Waals surface area contributed by atoms with Crippen molar-refractivity contribution in [1.82, 2.24) is 9.88 Å². The number of anilines is 1. The maximum Gasteiger partial charge on any atom is 0.238 e. The maximum absolute atomic E-state index is 13.2. The van der Waals surface area contributed by atoms with Crippen molar-refractivity contribution in [1.29, 1.82) is 0 Å². The third-order valence-corrected chi connectivity index (χ3v) is 5.07. The first kappa shape index (κ1) is 17.4. The predicted molar refractivity (Wildman–Crippen MR) is 95.7 cm³/mol. The number of carbonyl (C=O) groups is 1. The molecule has 4 nitrogen and oxygen atoms in total. The summed E-state index contributed by atoms with van der Waals surface area (Å²) in [6, 6.07) is 10.7. The van der Waals surface area contributed by atoms with Crippen LogP contribution in [0.4, 0.5) is 14.5 Å². The molecule has 25 heavy (non-hydrogen) atoms. The first-order chi connectivity index (χ1) is 11.9. The number of nitrogens with zero attached hydrogens (tertiary/aromatic N) is 2. The fourth-order valence-corrected chi connectivity index (χ4v) is 3.53. The van der Waals surface area contributed by atoms with E-state index in [4.69, 9.17) is 0 Å². The number of hydrogen-bond acceptors (Lipinski definition) is 4. The van der Waals surface area contributed by atoms with Gasteiger partial charge in [-0.2, -0.15) is 0 Å². The molecule has 0 aliphatic carbocycles. The largest absolute Gasteiger partial charge is 0.325 e. The van der Waals surface area contributed by atoms with Crippen molar-refractivity contribution in [2.75, 3.05) is 18.9 Å². The molecule has 0 bridgehead atoms. The van der Waals surface area contributed by atoms with Gasteiger partial charge in [0.15, 0.2) is 0 Å². The summed E-state index contributed by atoms with van der Waals surface area (Å²) in [5.74, 6) is -1.81. The van der Waals surface area contributed by atoms with Crippen molar-refractivity contribution in [3.05, 3.63) is 59.1 Å². The molecule has 1 heterocycles. The van der Waals surface area contributed by atoms with Crippen molar-refractivity contribution in [3.63, 3.8) is 0 Å². The Morgan fingerprint density at radius 2 is 1.92 bits per heavy atom. The molecule has 0 fully saturated rings. The van der Waals surface area contributed by atoms with Crippen molar-refractivity contribution in [3.8, 4) is 0 Å². The van der Waals surface area contributed by atoms with Gasteiger partial charge in [0.05, 0.1) is 22.8 Å². The third-order valence-electron chi connectivity index (χ3n) is 3.87. The molecule has 0 radical (unpaired) electrons. The van der Waals surface area contributed by atoms with Crippen molar-refractivity contribution >= 4 is 33.1 Å². The Morgan fingerprint density at radius 1 is 1.24 bits per heavy atom. The van der Waals surface area contributed by atoms with Crippen molar-refractivity contribution < 1.29 is 13.6 Å². The average molecular weight is 361 g/mol. The van der Waals surface area contributed by atoms with Gasteiger partial charge in [0.2, 0.25) is 5.91 Å². The Labute approximate surface area is 148 Å². The van der Waals surface area contributed by atoms with Gasteiger partial charge in [-0.15, -0.1) is 11.3 Å². The zero-order valence-corrected chi connectivity index (χ0v) is 14.6. The van der Waals surface area contributed by atoms with Gasteiger partial charge in [-0.25, -0.2) is 13.8 Å². The zero-order chi connectivity index (χ0) is 18.0. The van der Waals surface area contributed by atoms with Gasteiger partial charge in [-0.05, 0) is 38.2 Å². The second-order valence-corrected chi connectivity index (χ2v) is 6.88. The van der Waals surface area contributed by atoms with E-state index in [-0.39, 0.29) is 24.2 Å². The van der Waals surface area contributed by atoms with Crippen LogP contribution in [0.25, 0.3) is 10.2 Å². The van der Waals surface area contributed by atoms with Crippen LogP contribution in [0.2, 0.25) is 0 Å². The maximum atomic E-state index is 13.2. The van der Waals surface area contributed by atoms with E-state index < -0.39 is 11.6 Å². The highest BCUT2D eigenvalue weighted by Crippen LogP contribution is 2.28. The Kier molecular flexibility index (Phi) is 5.06. The normalized spacial score (nSPS) is 12.5. The minimum absolute atomic E-state index is 0.0626. The van der Waals surface area contributed by atoms with Gasteiger partial charge in [0.1, 0.15) is 16.6 Å². The average Bonchev–Trinajstić information content (AvgIpc) is 2.96. The lowest BCUT2D eigenvalue weighted by Crippen LogP contribution is -2.32. The number of hydrogen-bond donors (Lipinski definition) is 1. The van der Waals surface area contributed by atoms with Crippen LogP contribution in [0.5, 0.6) is 0 Å². The number of aromatic nitrogens is 1. The number of likely N-dealkylation sites (N-methyl/N-ethyl adjacent to an activating group) is 1. The number of rotatable bonds is 5. The summed E-state index contributed by atoms with van der Waals surface area (Å²) in [7, 11) is 1.81. The highest BCUT2D eigenvalue weighted by atomic mass is 32.1. The number of benzene rings is 2. The molecule has 2 aromatic carbocycles. The van der Waals surface area contributed by atoms with E-state index in [0.717, 1.165) is 33.4 Å².